The summed E-state index contributed by atoms with van der Waals surface area (Å²) < 4.78 is 28.3. The van der Waals surface area contributed by atoms with Crippen molar-refractivity contribution in [3.8, 4) is 0 Å². The minimum atomic E-state index is -2.09. The van der Waals surface area contributed by atoms with E-state index in [4.69, 9.17) is 23.7 Å². The third-order valence-electron chi connectivity index (χ3n) is 11.4. The zero-order valence-electron chi connectivity index (χ0n) is 37.0. The van der Waals surface area contributed by atoms with E-state index in [0.29, 0.717) is 12.8 Å². The van der Waals surface area contributed by atoms with Gasteiger partial charge in [0.2, 0.25) is 12.1 Å². The predicted molar refractivity (Wildman–Crippen MR) is 232 cm³/mol. The fraction of sp³-hybridized carbons (Fsp3) is 0.833. The Balaban J connectivity index is 1.73. The van der Waals surface area contributed by atoms with E-state index in [0.717, 1.165) is 77.0 Å². The average molecular weight is 837 g/mol. The van der Waals surface area contributed by atoms with Crippen LogP contribution >= 0.6 is 0 Å². The summed E-state index contributed by atoms with van der Waals surface area (Å²) in [5.41, 5.74) is 0. The van der Waals surface area contributed by atoms with Crippen LogP contribution in [0.15, 0.2) is 24.3 Å². The summed E-state index contributed by atoms with van der Waals surface area (Å²) >= 11 is 0. The highest BCUT2D eigenvalue weighted by molar-refractivity contribution is 5.70. The van der Waals surface area contributed by atoms with Crippen molar-refractivity contribution >= 4 is 11.9 Å². The molecule has 0 aromatic heterocycles. The molecule has 2 heterocycles. The van der Waals surface area contributed by atoms with Gasteiger partial charge < -0.3 is 44.1 Å². The van der Waals surface area contributed by atoms with Gasteiger partial charge in [0.1, 0.15) is 37.1 Å². The first-order chi connectivity index (χ1) is 28.5. The molecule has 2 radical (unpaired) electrons. The number of allylic oxidation sites excluding steroid dienone is 4. The van der Waals surface area contributed by atoms with Gasteiger partial charge in [0.25, 0.3) is 0 Å². The Hall–Kier alpha value is -1.86. The van der Waals surface area contributed by atoms with Crippen molar-refractivity contribution in [2.45, 2.75) is 248 Å². The third kappa shape index (κ3) is 22.7. The molecule has 4 N–H and O–H groups in total. The second-order valence-corrected chi connectivity index (χ2v) is 16.9. The average Bonchev–Trinajstić information content (AvgIpc) is 3.41. The number of aliphatic hydroxyl groups excluding tert-OH is 4. The lowest BCUT2D eigenvalue weighted by Gasteiger charge is -2.44. The molecule has 2 aliphatic heterocycles. The molecule has 342 valence electrons. The fourth-order valence-electron chi connectivity index (χ4n) is 7.55. The third-order valence-corrected chi connectivity index (χ3v) is 11.4. The maximum absolute atomic E-state index is 13.0. The van der Waals surface area contributed by atoms with Crippen LogP contribution in [-0.4, -0.2) is 93.8 Å². The van der Waals surface area contributed by atoms with Crippen molar-refractivity contribution in [3.63, 3.8) is 0 Å². The van der Waals surface area contributed by atoms with Gasteiger partial charge in [-0.2, -0.15) is 0 Å². The van der Waals surface area contributed by atoms with Gasteiger partial charge in [-0.3, -0.25) is 9.59 Å². The second-order valence-electron chi connectivity index (χ2n) is 16.9. The van der Waals surface area contributed by atoms with Gasteiger partial charge in [-0.1, -0.05) is 141 Å². The summed E-state index contributed by atoms with van der Waals surface area (Å²) in [6.07, 6.45) is 27.1. The quantitative estimate of drug-likeness (QED) is 0.0274. The molecule has 0 aromatic carbocycles. The van der Waals surface area contributed by atoms with Gasteiger partial charge in [0.15, 0.2) is 6.10 Å². The molecule has 2 fully saturated rings. The van der Waals surface area contributed by atoms with Crippen LogP contribution in [0.5, 0.6) is 0 Å². The number of ether oxygens (including phenoxy) is 5. The topological polar surface area (TPSA) is 161 Å². The molecular formula is C48H84O11. The highest BCUT2D eigenvalue weighted by atomic mass is 16.8. The monoisotopic (exact) mass is 837 g/mol. The molecule has 0 bridgehead atoms. The van der Waals surface area contributed by atoms with Crippen LogP contribution in [0.25, 0.3) is 0 Å². The Kier molecular flexibility index (Phi) is 29.6. The smallest absolute Gasteiger partial charge is 0.306 e. The van der Waals surface area contributed by atoms with E-state index in [1.807, 2.05) is 0 Å². The first-order valence-electron chi connectivity index (χ1n) is 23.6. The number of hydrogen-bond donors (Lipinski definition) is 4. The largest absolute Gasteiger partial charge is 0.463 e. The van der Waals surface area contributed by atoms with E-state index in [9.17, 15) is 30.0 Å². The lowest BCUT2D eigenvalue weighted by Crippen LogP contribution is -2.63. The normalized spacial score (nSPS) is 27.3. The molecule has 2 rings (SSSR count). The van der Waals surface area contributed by atoms with E-state index in [1.54, 1.807) is 0 Å². The molecule has 11 nitrogen and oxygen atoms in total. The van der Waals surface area contributed by atoms with Crippen LogP contribution in [-0.2, 0) is 33.3 Å². The molecule has 0 aromatic rings. The SMILES string of the molecule is [CH2][C@H]1O[C@@]([CH2])(O[C@H]2O[C@H](COC(=O)CCCCCCC/C=C\CCCCCCCC)[C@@H](O)[C@H](O)[C@H]2OC(=O)CCCCCCC/C=C\CCCCCCCC)[C@@H](O)[C@@H]1O. The minimum Gasteiger partial charge on any atom is -0.463 e. The Labute approximate surface area is 358 Å². The van der Waals surface area contributed by atoms with Crippen LogP contribution < -0.4 is 0 Å². The molecule has 0 aliphatic carbocycles. The summed E-state index contributed by atoms with van der Waals surface area (Å²) in [4.78, 5) is 25.5. The van der Waals surface area contributed by atoms with Crippen LogP contribution in [0.1, 0.15) is 194 Å². The molecule has 0 saturated carbocycles. The van der Waals surface area contributed by atoms with Gasteiger partial charge >= 0.3 is 11.9 Å². The fourth-order valence-corrected chi connectivity index (χ4v) is 7.55. The van der Waals surface area contributed by atoms with Crippen molar-refractivity contribution in [3.05, 3.63) is 38.2 Å². The van der Waals surface area contributed by atoms with E-state index in [1.165, 1.54) is 77.0 Å². The van der Waals surface area contributed by atoms with Crippen molar-refractivity contribution in [1.82, 2.24) is 0 Å². The van der Waals surface area contributed by atoms with E-state index in [-0.39, 0.29) is 12.8 Å². The summed E-state index contributed by atoms with van der Waals surface area (Å²) in [5.74, 6) is -3.18. The standard InChI is InChI=1S/C48H84O11/c1-5-7-9-11-13-15-17-19-21-23-25-27-29-31-33-35-40(49)55-37-39-43(52)44(53)45(47(56-39)59-48(4)46(54)42(51)38(3)58-48)57-41(50)36-34-32-30-28-26-24-22-20-18-16-14-12-10-8-6-2/h19-22,38-39,42-47,51-54H,3-18,23-37H2,1-2H3/b21-19-,22-20-/t38-,39-,42-,43-,44+,45-,46+,47-,48+/m1/s1. The van der Waals surface area contributed by atoms with Crippen LogP contribution in [0.4, 0.5) is 0 Å². The molecule has 2 saturated heterocycles. The zero-order valence-corrected chi connectivity index (χ0v) is 37.0. The lowest BCUT2D eigenvalue weighted by atomic mass is 9.98. The predicted octanol–water partition coefficient (Wildman–Crippen LogP) is 9.46. The van der Waals surface area contributed by atoms with E-state index >= 15 is 0 Å². The zero-order chi connectivity index (χ0) is 43.1. The molecular weight excluding hydrogens is 753 g/mol. The maximum Gasteiger partial charge on any atom is 0.306 e. The van der Waals surface area contributed by atoms with Gasteiger partial charge in [0.05, 0.1) is 6.10 Å². The van der Waals surface area contributed by atoms with Gasteiger partial charge in [0, 0.05) is 19.8 Å². The number of aliphatic hydroxyl groups is 4. The molecule has 9 atom stereocenters. The van der Waals surface area contributed by atoms with Crippen LogP contribution in [0.3, 0.4) is 0 Å². The molecule has 2 aliphatic rings. The first kappa shape index (κ1) is 53.3. The maximum atomic E-state index is 13.0. The van der Waals surface area contributed by atoms with E-state index in [2.05, 4.69) is 52.0 Å². The highest BCUT2D eigenvalue weighted by Gasteiger charge is 2.56. The minimum absolute atomic E-state index is 0.0793. The molecule has 0 unspecified atom stereocenters. The molecule has 0 spiro atoms. The number of carbonyl (C=O) groups excluding carboxylic acids is 2. The van der Waals surface area contributed by atoms with Crippen molar-refractivity contribution in [2.24, 2.45) is 0 Å². The number of hydrogen-bond acceptors (Lipinski definition) is 11. The van der Waals surface area contributed by atoms with Gasteiger partial charge in [-0.05, 0) is 71.1 Å². The Morgan fingerprint density at radius 3 is 1.46 bits per heavy atom. The Morgan fingerprint density at radius 1 is 0.593 bits per heavy atom. The first-order valence-corrected chi connectivity index (χ1v) is 23.6. The summed E-state index contributed by atoms with van der Waals surface area (Å²) in [5, 5.41) is 43.0. The van der Waals surface area contributed by atoms with Crippen molar-refractivity contribution in [1.29, 1.82) is 0 Å². The Morgan fingerprint density at radius 2 is 1.02 bits per heavy atom. The van der Waals surface area contributed by atoms with Crippen LogP contribution in [0.2, 0.25) is 0 Å². The summed E-state index contributed by atoms with van der Waals surface area (Å²) in [7, 11) is 0. The molecule has 59 heavy (non-hydrogen) atoms. The number of rotatable bonds is 35. The van der Waals surface area contributed by atoms with Crippen molar-refractivity contribution in [2.75, 3.05) is 6.61 Å². The summed E-state index contributed by atoms with van der Waals surface area (Å²) in [6, 6.07) is 0. The Bertz CT molecular complexity index is 1130. The highest BCUT2D eigenvalue weighted by Crippen LogP contribution is 2.36. The van der Waals surface area contributed by atoms with Crippen LogP contribution in [0, 0.1) is 13.8 Å². The number of unbranched alkanes of at least 4 members (excludes halogenated alkanes) is 22. The number of esters is 2. The molecule has 0 amide bonds. The van der Waals surface area contributed by atoms with Crippen molar-refractivity contribution < 1.29 is 53.7 Å². The second kappa shape index (κ2) is 32.8. The summed E-state index contributed by atoms with van der Waals surface area (Å²) in [6.45, 7) is 11.5. The van der Waals surface area contributed by atoms with E-state index < -0.39 is 73.4 Å². The van der Waals surface area contributed by atoms with Gasteiger partial charge in [-0.25, -0.2) is 0 Å². The molecule has 11 heteroatoms. The lowest BCUT2D eigenvalue weighted by molar-refractivity contribution is -0.364. The van der Waals surface area contributed by atoms with Gasteiger partial charge in [-0.15, -0.1) is 0 Å². The number of carbonyl (C=O) groups is 2.